The van der Waals surface area contributed by atoms with Crippen molar-refractivity contribution in [3.8, 4) is 0 Å². The van der Waals surface area contributed by atoms with Gasteiger partial charge in [0.15, 0.2) is 0 Å². The summed E-state index contributed by atoms with van der Waals surface area (Å²) in [6, 6.07) is -0.296. The zero-order valence-electron chi connectivity index (χ0n) is 11.5. The second-order valence-corrected chi connectivity index (χ2v) is 4.25. The Kier molecular flexibility index (Phi) is 9.03. The Morgan fingerprint density at radius 1 is 1.35 bits per heavy atom. The summed E-state index contributed by atoms with van der Waals surface area (Å²) in [6.45, 7) is 8.50. The molecule has 0 aromatic rings. The molecule has 0 aromatic heterocycles. The van der Waals surface area contributed by atoms with E-state index in [4.69, 9.17) is 10.6 Å². The molecule has 1 atom stereocenters. The van der Waals surface area contributed by atoms with Crippen LogP contribution in [0.2, 0.25) is 0 Å². The highest BCUT2D eigenvalue weighted by Crippen LogP contribution is 2.12. The predicted octanol–water partition coefficient (Wildman–Crippen LogP) is 0.749. The van der Waals surface area contributed by atoms with E-state index in [1.54, 1.807) is 7.11 Å². The Labute approximate surface area is 105 Å². The summed E-state index contributed by atoms with van der Waals surface area (Å²) in [5.41, 5.74) is 2.21. The van der Waals surface area contributed by atoms with Crippen LogP contribution in [0, 0.1) is 5.92 Å². The Balaban J connectivity index is 4.59. The third-order valence-corrected chi connectivity index (χ3v) is 3.26. The van der Waals surface area contributed by atoms with Gasteiger partial charge in [0.25, 0.3) is 5.91 Å². The highest BCUT2D eigenvalue weighted by molar-refractivity contribution is 5.81. The van der Waals surface area contributed by atoms with Gasteiger partial charge in [-0.3, -0.25) is 15.1 Å². The van der Waals surface area contributed by atoms with E-state index < -0.39 is 0 Å². The smallest absolute Gasteiger partial charge is 0.253 e. The van der Waals surface area contributed by atoms with E-state index in [9.17, 15) is 4.79 Å². The average Bonchev–Trinajstić information content (AvgIpc) is 2.37. The van der Waals surface area contributed by atoms with Gasteiger partial charge in [-0.1, -0.05) is 33.6 Å². The summed E-state index contributed by atoms with van der Waals surface area (Å²) in [5, 5.41) is 0. The van der Waals surface area contributed by atoms with E-state index in [2.05, 4.69) is 31.1 Å². The lowest BCUT2D eigenvalue weighted by Crippen LogP contribution is -2.52. The van der Waals surface area contributed by atoms with E-state index in [0.717, 1.165) is 25.9 Å². The molecule has 0 rings (SSSR count). The fourth-order valence-electron chi connectivity index (χ4n) is 1.96. The van der Waals surface area contributed by atoms with Crippen LogP contribution in [0.5, 0.6) is 0 Å². The first-order chi connectivity index (χ1) is 8.14. The van der Waals surface area contributed by atoms with Gasteiger partial charge in [0.1, 0.15) is 6.04 Å². The van der Waals surface area contributed by atoms with Crippen LogP contribution in [-0.2, 0) is 9.53 Å². The SMILES string of the molecule is CCC(CC)CN(CC)C(COC)C(=O)NN. The van der Waals surface area contributed by atoms with Gasteiger partial charge in [-0.25, -0.2) is 5.84 Å². The summed E-state index contributed by atoms with van der Waals surface area (Å²) in [6.07, 6.45) is 2.24. The number of nitrogens with zero attached hydrogens (tertiary/aromatic N) is 1. The Morgan fingerprint density at radius 3 is 2.29 bits per heavy atom. The predicted molar refractivity (Wildman–Crippen MR) is 69.3 cm³/mol. The zero-order chi connectivity index (χ0) is 13.3. The number of hydrazine groups is 1. The van der Waals surface area contributed by atoms with E-state index in [1.807, 2.05) is 0 Å². The molecule has 1 unspecified atom stereocenters. The largest absolute Gasteiger partial charge is 0.383 e. The first-order valence-corrected chi connectivity index (χ1v) is 6.37. The first kappa shape index (κ1) is 16.4. The molecule has 3 N–H and O–H groups in total. The number of nitrogens with one attached hydrogen (secondary N) is 1. The van der Waals surface area contributed by atoms with Gasteiger partial charge in [0, 0.05) is 13.7 Å². The number of hydrogen-bond donors (Lipinski definition) is 2. The third-order valence-electron chi connectivity index (χ3n) is 3.26. The van der Waals surface area contributed by atoms with Crippen molar-refractivity contribution >= 4 is 5.91 Å². The van der Waals surface area contributed by atoms with Gasteiger partial charge >= 0.3 is 0 Å². The molecule has 0 spiro atoms. The van der Waals surface area contributed by atoms with Crippen molar-refractivity contribution in [1.82, 2.24) is 10.3 Å². The number of methoxy groups -OCH3 is 1. The molecule has 5 heteroatoms. The lowest BCUT2D eigenvalue weighted by molar-refractivity contribution is -0.128. The molecule has 0 bridgehead atoms. The quantitative estimate of drug-likeness (QED) is 0.357. The van der Waals surface area contributed by atoms with Crippen molar-refractivity contribution in [2.24, 2.45) is 11.8 Å². The van der Waals surface area contributed by atoms with Crippen LogP contribution in [0.4, 0.5) is 0 Å². The standard InChI is InChI=1S/C12H27N3O2/c1-5-10(6-2)8-15(7-3)11(9-17-4)12(16)14-13/h10-11H,5-9,13H2,1-4H3,(H,14,16). The van der Waals surface area contributed by atoms with Crippen LogP contribution >= 0.6 is 0 Å². The molecule has 0 aliphatic carbocycles. The van der Waals surface area contributed by atoms with Gasteiger partial charge in [0.2, 0.25) is 0 Å². The minimum absolute atomic E-state index is 0.181. The molecular weight excluding hydrogens is 218 g/mol. The summed E-state index contributed by atoms with van der Waals surface area (Å²) in [7, 11) is 1.60. The highest BCUT2D eigenvalue weighted by Gasteiger charge is 2.25. The van der Waals surface area contributed by atoms with Crippen LogP contribution in [-0.4, -0.2) is 43.7 Å². The van der Waals surface area contributed by atoms with E-state index >= 15 is 0 Å². The van der Waals surface area contributed by atoms with E-state index in [1.165, 1.54) is 0 Å². The topological polar surface area (TPSA) is 67.6 Å². The normalized spacial score (nSPS) is 13.1. The Bertz CT molecular complexity index is 208. The Morgan fingerprint density at radius 2 is 1.94 bits per heavy atom. The molecule has 0 fully saturated rings. The minimum Gasteiger partial charge on any atom is -0.383 e. The van der Waals surface area contributed by atoms with Gasteiger partial charge in [0.05, 0.1) is 6.61 Å². The van der Waals surface area contributed by atoms with E-state index in [0.29, 0.717) is 12.5 Å². The number of carbonyl (C=O) groups excluding carboxylic acids is 1. The molecule has 17 heavy (non-hydrogen) atoms. The second-order valence-electron chi connectivity index (χ2n) is 4.25. The molecule has 1 amide bonds. The third kappa shape index (κ3) is 5.48. The van der Waals surface area contributed by atoms with Crippen molar-refractivity contribution in [2.75, 3.05) is 26.8 Å². The number of hydrogen-bond acceptors (Lipinski definition) is 4. The van der Waals surface area contributed by atoms with Crippen molar-refractivity contribution in [3.63, 3.8) is 0 Å². The van der Waals surface area contributed by atoms with Crippen LogP contribution in [0.25, 0.3) is 0 Å². The Hall–Kier alpha value is -0.650. The number of ether oxygens (including phenoxy) is 1. The lowest BCUT2D eigenvalue weighted by Gasteiger charge is -2.31. The van der Waals surface area contributed by atoms with Crippen LogP contribution in [0.3, 0.4) is 0 Å². The molecule has 0 heterocycles. The number of likely N-dealkylation sites (N-methyl/N-ethyl adjacent to an activating group) is 1. The number of amides is 1. The van der Waals surface area contributed by atoms with Crippen molar-refractivity contribution in [1.29, 1.82) is 0 Å². The van der Waals surface area contributed by atoms with Crippen molar-refractivity contribution in [3.05, 3.63) is 0 Å². The van der Waals surface area contributed by atoms with Gasteiger partial charge in [-0.05, 0) is 12.5 Å². The van der Waals surface area contributed by atoms with Gasteiger partial charge in [-0.2, -0.15) is 0 Å². The molecular formula is C12H27N3O2. The summed E-state index contributed by atoms with van der Waals surface area (Å²) in [4.78, 5) is 13.8. The molecule has 102 valence electrons. The fraction of sp³-hybridized carbons (Fsp3) is 0.917. The molecule has 5 nitrogen and oxygen atoms in total. The molecule has 0 aromatic carbocycles. The molecule has 0 saturated heterocycles. The maximum absolute atomic E-state index is 11.7. The van der Waals surface area contributed by atoms with Gasteiger partial charge in [-0.15, -0.1) is 0 Å². The fourth-order valence-corrected chi connectivity index (χ4v) is 1.96. The van der Waals surface area contributed by atoms with Crippen molar-refractivity contribution in [2.45, 2.75) is 39.7 Å². The maximum Gasteiger partial charge on any atom is 0.253 e. The molecule has 0 radical (unpaired) electrons. The number of rotatable bonds is 9. The van der Waals surface area contributed by atoms with Crippen LogP contribution in [0.15, 0.2) is 0 Å². The number of nitrogens with two attached hydrogens (primary N) is 1. The summed E-state index contributed by atoms with van der Waals surface area (Å²) < 4.78 is 5.10. The maximum atomic E-state index is 11.7. The van der Waals surface area contributed by atoms with Crippen LogP contribution in [0.1, 0.15) is 33.6 Å². The molecule has 0 aliphatic rings. The monoisotopic (exact) mass is 245 g/mol. The zero-order valence-corrected chi connectivity index (χ0v) is 11.5. The summed E-state index contributed by atoms with van der Waals surface area (Å²) >= 11 is 0. The molecule has 0 saturated carbocycles. The summed E-state index contributed by atoms with van der Waals surface area (Å²) in [5.74, 6) is 5.64. The highest BCUT2D eigenvalue weighted by atomic mass is 16.5. The first-order valence-electron chi connectivity index (χ1n) is 6.37. The van der Waals surface area contributed by atoms with E-state index in [-0.39, 0.29) is 11.9 Å². The number of carbonyl (C=O) groups is 1. The lowest BCUT2D eigenvalue weighted by atomic mass is 10.0. The second kappa shape index (κ2) is 9.39. The van der Waals surface area contributed by atoms with Crippen molar-refractivity contribution < 1.29 is 9.53 Å². The van der Waals surface area contributed by atoms with Crippen LogP contribution < -0.4 is 11.3 Å². The average molecular weight is 245 g/mol. The minimum atomic E-state index is -0.296. The van der Waals surface area contributed by atoms with Gasteiger partial charge < -0.3 is 4.74 Å². The molecule has 0 aliphatic heterocycles.